The van der Waals surface area contributed by atoms with Crippen LogP contribution >= 0.6 is 0 Å². The number of aryl methyl sites for hydroxylation is 2. The van der Waals surface area contributed by atoms with Gasteiger partial charge in [-0.15, -0.1) is 0 Å². The molecule has 3 rings (SSSR count). The molecular weight excluding hydrogens is 344 g/mol. The molecule has 0 radical (unpaired) electrons. The van der Waals surface area contributed by atoms with Gasteiger partial charge in [0.05, 0.1) is 0 Å². The van der Waals surface area contributed by atoms with Crippen LogP contribution in [0.25, 0.3) is 11.7 Å². The Bertz CT molecular complexity index is 1190. The van der Waals surface area contributed by atoms with Crippen molar-refractivity contribution < 1.29 is 9.53 Å². The zero-order chi connectivity index (χ0) is 19.6. The molecule has 0 atom stereocenters. The summed E-state index contributed by atoms with van der Waals surface area (Å²) in [5.74, 6) is -0.430. The standard InChI is InChI=1S/C20H16N4O3/c1-12-6-3-4-8-16(12)27-19-15(10-14(11-21)17(22)25)20(26)24-9-5-7-13(2)18(24)23-19/h3-10H,1-2H3,(H2,22,25)/b14-10+. The maximum absolute atomic E-state index is 13.0. The van der Waals surface area contributed by atoms with E-state index in [0.29, 0.717) is 11.4 Å². The van der Waals surface area contributed by atoms with E-state index >= 15 is 0 Å². The second-order valence-corrected chi connectivity index (χ2v) is 5.92. The number of primary amides is 1. The molecule has 2 aromatic heterocycles. The van der Waals surface area contributed by atoms with Crippen LogP contribution in [0.2, 0.25) is 0 Å². The average molecular weight is 360 g/mol. The van der Waals surface area contributed by atoms with Crippen LogP contribution in [0.3, 0.4) is 0 Å². The molecule has 1 amide bonds. The molecule has 0 saturated heterocycles. The fourth-order valence-electron chi connectivity index (χ4n) is 2.57. The van der Waals surface area contributed by atoms with Crippen molar-refractivity contribution in [1.29, 1.82) is 5.26 Å². The third kappa shape index (κ3) is 3.41. The topological polar surface area (TPSA) is 110 Å². The maximum Gasteiger partial charge on any atom is 0.269 e. The van der Waals surface area contributed by atoms with Gasteiger partial charge in [-0.2, -0.15) is 10.2 Å². The number of hydrogen-bond donors (Lipinski definition) is 1. The van der Waals surface area contributed by atoms with Gasteiger partial charge in [0.15, 0.2) is 0 Å². The molecule has 0 fully saturated rings. The molecule has 7 heteroatoms. The lowest BCUT2D eigenvalue weighted by Gasteiger charge is -2.12. The van der Waals surface area contributed by atoms with Gasteiger partial charge in [-0.25, -0.2) is 0 Å². The molecule has 3 aromatic rings. The predicted octanol–water partition coefficient (Wildman–Crippen LogP) is 2.50. The van der Waals surface area contributed by atoms with Crippen LogP contribution in [0, 0.1) is 25.2 Å². The number of hydrogen-bond acceptors (Lipinski definition) is 5. The van der Waals surface area contributed by atoms with Gasteiger partial charge >= 0.3 is 0 Å². The first kappa shape index (κ1) is 17.9. The molecule has 1 aromatic carbocycles. The van der Waals surface area contributed by atoms with E-state index in [1.54, 1.807) is 30.5 Å². The number of para-hydroxylation sites is 1. The van der Waals surface area contributed by atoms with E-state index < -0.39 is 11.5 Å². The van der Waals surface area contributed by atoms with Gasteiger partial charge in [-0.3, -0.25) is 14.0 Å². The highest BCUT2D eigenvalue weighted by atomic mass is 16.5. The summed E-state index contributed by atoms with van der Waals surface area (Å²) in [5.41, 5.74) is 6.38. The van der Waals surface area contributed by atoms with Crippen molar-refractivity contribution in [3.05, 3.63) is 75.2 Å². The van der Waals surface area contributed by atoms with Crippen molar-refractivity contribution in [2.24, 2.45) is 5.73 Å². The zero-order valence-electron chi connectivity index (χ0n) is 14.8. The van der Waals surface area contributed by atoms with Gasteiger partial charge in [0, 0.05) is 6.20 Å². The third-order valence-electron chi connectivity index (χ3n) is 4.02. The van der Waals surface area contributed by atoms with E-state index in [0.717, 1.165) is 17.2 Å². The van der Waals surface area contributed by atoms with E-state index in [1.165, 1.54) is 4.40 Å². The predicted molar refractivity (Wildman–Crippen MR) is 100 cm³/mol. The molecule has 0 aliphatic carbocycles. The SMILES string of the molecule is Cc1ccccc1Oc1nc2c(C)cccn2c(=O)c1/C=C(\C#N)C(N)=O. The molecule has 0 saturated carbocycles. The van der Waals surface area contributed by atoms with Crippen LogP contribution in [0.1, 0.15) is 16.7 Å². The number of fused-ring (bicyclic) bond motifs is 1. The van der Waals surface area contributed by atoms with Crippen molar-refractivity contribution in [3.63, 3.8) is 0 Å². The summed E-state index contributed by atoms with van der Waals surface area (Å²) < 4.78 is 7.21. The molecule has 2 heterocycles. The normalized spacial score (nSPS) is 11.2. The van der Waals surface area contributed by atoms with Gasteiger partial charge in [0.1, 0.15) is 28.6 Å². The average Bonchev–Trinajstić information content (AvgIpc) is 2.64. The smallest absolute Gasteiger partial charge is 0.269 e. The number of benzene rings is 1. The van der Waals surface area contributed by atoms with Crippen molar-refractivity contribution in [3.8, 4) is 17.7 Å². The molecular formula is C20H16N4O3. The largest absolute Gasteiger partial charge is 0.438 e. The number of carbonyl (C=O) groups is 1. The summed E-state index contributed by atoms with van der Waals surface area (Å²) in [6.45, 7) is 3.67. The number of nitrogens with zero attached hydrogens (tertiary/aromatic N) is 3. The fraction of sp³-hybridized carbons (Fsp3) is 0.100. The van der Waals surface area contributed by atoms with Gasteiger partial charge < -0.3 is 10.5 Å². The Kier molecular flexibility index (Phi) is 4.73. The maximum atomic E-state index is 13.0. The minimum atomic E-state index is -0.937. The molecule has 0 aliphatic rings. The highest BCUT2D eigenvalue weighted by Crippen LogP contribution is 2.26. The number of ether oxygens (including phenoxy) is 1. The Morgan fingerprint density at radius 1 is 1.22 bits per heavy atom. The second kappa shape index (κ2) is 7.14. The van der Waals surface area contributed by atoms with Crippen LogP contribution in [0.15, 0.2) is 53.0 Å². The van der Waals surface area contributed by atoms with Gasteiger partial charge in [-0.05, 0) is 43.2 Å². The Hall–Kier alpha value is -3.92. The second-order valence-electron chi connectivity index (χ2n) is 5.92. The minimum Gasteiger partial charge on any atom is -0.438 e. The molecule has 0 spiro atoms. The van der Waals surface area contributed by atoms with Crippen molar-refractivity contribution >= 4 is 17.6 Å². The van der Waals surface area contributed by atoms with Gasteiger partial charge in [-0.1, -0.05) is 24.3 Å². The number of pyridine rings is 1. The Balaban J connectivity index is 2.33. The summed E-state index contributed by atoms with van der Waals surface area (Å²) in [4.78, 5) is 28.9. The number of rotatable bonds is 4. The third-order valence-corrected chi connectivity index (χ3v) is 4.02. The van der Waals surface area contributed by atoms with Crippen LogP contribution in [0.4, 0.5) is 0 Å². The molecule has 27 heavy (non-hydrogen) atoms. The number of aromatic nitrogens is 2. The van der Waals surface area contributed by atoms with Crippen LogP contribution in [0.5, 0.6) is 11.6 Å². The number of carbonyl (C=O) groups excluding carboxylic acids is 1. The van der Waals surface area contributed by atoms with E-state index in [4.69, 9.17) is 15.7 Å². The lowest BCUT2D eigenvalue weighted by atomic mass is 10.1. The van der Waals surface area contributed by atoms with E-state index in [9.17, 15) is 9.59 Å². The first-order valence-corrected chi connectivity index (χ1v) is 8.09. The summed E-state index contributed by atoms with van der Waals surface area (Å²) in [5, 5.41) is 9.14. The summed E-state index contributed by atoms with van der Waals surface area (Å²) in [6, 6.07) is 12.5. The molecule has 134 valence electrons. The quantitative estimate of drug-likeness (QED) is 0.568. The molecule has 2 N–H and O–H groups in total. The molecule has 0 aliphatic heterocycles. The Morgan fingerprint density at radius 2 is 1.93 bits per heavy atom. The van der Waals surface area contributed by atoms with E-state index in [2.05, 4.69) is 4.98 Å². The molecule has 0 bridgehead atoms. The summed E-state index contributed by atoms with van der Waals surface area (Å²) >= 11 is 0. The van der Waals surface area contributed by atoms with Crippen molar-refractivity contribution in [2.45, 2.75) is 13.8 Å². The Morgan fingerprint density at radius 3 is 2.59 bits per heavy atom. The van der Waals surface area contributed by atoms with Crippen molar-refractivity contribution in [2.75, 3.05) is 0 Å². The van der Waals surface area contributed by atoms with E-state index in [-0.39, 0.29) is 17.0 Å². The lowest BCUT2D eigenvalue weighted by molar-refractivity contribution is -0.114. The zero-order valence-corrected chi connectivity index (χ0v) is 14.8. The minimum absolute atomic E-state index is 0.00222. The highest BCUT2D eigenvalue weighted by Gasteiger charge is 2.17. The van der Waals surface area contributed by atoms with Crippen LogP contribution in [-0.4, -0.2) is 15.3 Å². The molecule has 0 unspecified atom stereocenters. The fourth-order valence-corrected chi connectivity index (χ4v) is 2.57. The first-order valence-electron chi connectivity index (χ1n) is 8.09. The molecule has 7 nitrogen and oxygen atoms in total. The number of amides is 1. The monoisotopic (exact) mass is 360 g/mol. The first-order chi connectivity index (χ1) is 12.9. The van der Waals surface area contributed by atoms with Gasteiger partial charge in [0.2, 0.25) is 5.88 Å². The summed E-state index contributed by atoms with van der Waals surface area (Å²) in [7, 11) is 0. The van der Waals surface area contributed by atoms with E-state index in [1.807, 2.05) is 32.0 Å². The van der Waals surface area contributed by atoms with Crippen LogP contribution < -0.4 is 16.0 Å². The summed E-state index contributed by atoms with van der Waals surface area (Å²) in [6.07, 6.45) is 2.67. The number of nitriles is 1. The van der Waals surface area contributed by atoms with Gasteiger partial charge in [0.25, 0.3) is 11.5 Å². The number of nitrogens with two attached hydrogens (primary N) is 1. The lowest BCUT2D eigenvalue weighted by Crippen LogP contribution is -2.20. The van der Waals surface area contributed by atoms with Crippen LogP contribution in [-0.2, 0) is 4.79 Å². The Labute approximate surface area is 155 Å². The van der Waals surface area contributed by atoms with Crippen molar-refractivity contribution in [1.82, 2.24) is 9.38 Å². The highest BCUT2D eigenvalue weighted by molar-refractivity contribution is 6.00.